The number of nitrogens with one attached hydrogen (secondary N) is 2. The smallest absolute Gasteiger partial charge is 0.191 e. The second-order valence-corrected chi connectivity index (χ2v) is 8.48. The average molecular weight is 419 g/mol. The summed E-state index contributed by atoms with van der Waals surface area (Å²) in [6.45, 7) is 12.2. The minimum absolute atomic E-state index is 0.0632. The van der Waals surface area contributed by atoms with Crippen molar-refractivity contribution in [3.63, 3.8) is 0 Å². The van der Waals surface area contributed by atoms with Gasteiger partial charge >= 0.3 is 0 Å². The van der Waals surface area contributed by atoms with Gasteiger partial charge in [0.15, 0.2) is 5.96 Å². The van der Waals surface area contributed by atoms with Crippen LogP contribution in [-0.4, -0.2) is 62.8 Å². The van der Waals surface area contributed by atoms with Crippen LogP contribution >= 0.6 is 11.6 Å². The van der Waals surface area contributed by atoms with E-state index >= 15 is 0 Å². The zero-order valence-electron chi connectivity index (χ0n) is 17.6. The Morgan fingerprint density at radius 2 is 2.03 bits per heavy atom. The summed E-state index contributed by atoms with van der Waals surface area (Å²) in [4.78, 5) is 7.47. The Labute approximate surface area is 180 Å². The highest BCUT2D eigenvalue weighted by Crippen LogP contribution is 2.38. The number of nitrogens with zero attached hydrogens (tertiary/aromatic N) is 2. The van der Waals surface area contributed by atoms with Crippen LogP contribution in [0.4, 0.5) is 0 Å². The molecule has 2 N–H and O–H groups in total. The van der Waals surface area contributed by atoms with Crippen molar-refractivity contribution in [3.8, 4) is 0 Å². The molecule has 160 valence electrons. The highest BCUT2D eigenvalue weighted by molar-refractivity contribution is 6.31. The minimum atomic E-state index is -0.0632. The summed E-state index contributed by atoms with van der Waals surface area (Å²) in [6.07, 6.45) is 6.13. The van der Waals surface area contributed by atoms with Crippen molar-refractivity contribution in [2.75, 3.05) is 45.9 Å². The largest absolute Gasteiger partial charge is 0.381 e. The van der Waals surface area contributed by atoms with E-state index in [0.717, 1.165) is 76.1 Å². The van der Waals surface area contributed by atoms with E-state index in [1.54, 1.807) is 0 Å². The first-order valence-electron chi connectivity index (χ1n) is 10.9. The van der Waals surface area contributed by atoms with E-state index in [1.165, 1.54) is 5.56 Å². The molecule has 2 aliphatic heterocycles. The predicted molar refractivity (Wildman–Crippen MR) is 122 cm³/mol. The lowest BCUT2D eigenvalue weighted by molar-refractivity contribution is 0.0531. The van der Waals surface area contributed by atoms with Gasteiger partial charge in [-0.1, -0.05) is 35.9 Å². The van der Waals surface area contributed by atoms with E-state index in [2.05, 4.69) is 41.2 Å². The van der Waals surface area contributed by atoms with E-state index < -0.39 is 0 Å². The SMILES string of the molecule is C=CCN1CCC(NC(=NCC2(c3ccccc3Cl)CCOCC2)NCC)CC1. The predicted octanol–water partition coefficient (Wildman–Crippen LogP) is 3.59. The monoisotopic (exact) mass is 418 g/mol. The molecular weight excluding hydrogens is 384 g/mol. The van der Waals surface area contributed by atoms with Gasteiger partial charge < -0.3 is 15.4 Å². The Balaban J connectivity index is 1.70. The van der Waals surface area contributed by atoms with Crippen molar-refractivity contribution < 1.29 is 4.74 Å². The van der Waals surface area contributed by atoms with E-state index in [9.17, 15) is 0 Å². The van der Waals surface area contributed by atoms with Crippen molar-refractivity contribution in [2.24, 2.45) is 4.99 Å². The van der Waals surface area contributed by atoms with Crippen LogP contribution in [0, 0.1) is 0 Å². The van der Waals surface area contributed by atoms with Crippen LogP contribution in [0.1, 0.15) is 38.2 Å². The van der Waals surface area contributed by atoms with Gasteiger partial charge in [-0.2, -0.15) is 0 Å². The zero-order valence-corrected chi connectivity index (χ0v) is 18.4. The molecule has 0 aliphatic carbocycles. The third-order valence-corrected chi connectivity index (χ3v) is 6.42. The van der Waals surface area contributed by atoms with Gasteiger partial charge in [0.05, 0.1) is 6.54 Å². The number of benzene rings is 1. The topological polar surface area (TPSA) is 48.9 Å². The van der Waals surface area contributed by atoms with Crippen molar-refractivity contribution in [1.82, 2.24) is 15.5 Å². The maximum Gasteiger partial charge on any atom is 0.191 e. The molecule has 2 heterocycles. The summed E-state index contributed by atoms with van der Waals surface area (Å²) in [5.74, 6) is 0.910. The summed E-state index contributed by atoms with van der Waals surface area (Å²) in [7, 11) is 0. The molecule has 0 unspecified atom stereocenters. The van der Waals surface area contributed by atoms with Gasteiger partial charge in [-0.3, -0.25) is 9.89 Å². The number of likely N-dealkylation sites (tertiary alicyclic amines) is 1. The third kappa shape index (κ3) is 5.97. The fraction of sp³-hybridized carbons (Fsp3) is 0.609. The number of halogens is 1. The molecule has 0 saturated carbocycles. The Hall–Kier alpha value is -1.56. The number of hydrogen-bond donors (Lipinski definition) is 2. The van der Waals surface area contributed by atoms with Crippen LogP contribution in [0.15, 0.2) is 41.9 Å². The zero-order chi connectivity index (χ0) is 20.5. The summed E-state index contributed by atoms with van der Waals surface area (Å²) in [6, 6.07) is 8.66. The number of aliphatic imine (C=N–C) groups is 1. The molecule has 0 atom stereocenters. The van der Waals surface area contributed by atoms with Crippen molar-refractivity contribution in [1.29, 1.82) is 0 Å². The molecule has 1 aromatic rings. The van der Waals surface area contributed by atoms with E-state index in [0.29, 0.717) is 12.6 Å². The standard InChI is InChI=1S/C23H35ClN4O/c1-3-13-28-14-9-19(10-15-28)27-22(25-4-2)26-18-23(11-16-29-17-12-23)20-7-5-6-8-21(20)24/h3,5-8,19H,1,4,9-18H2,2H3,(H2,25,26,27). The summed E-state index contributed by atoms with van der Waals surface area (Å²) in [5.41, 5.74) is 1.13. The highest BCUT2D eigenvalue weighted by atomic mass is 35.5. The van der Waals surface area contributed by atoms with E-state index in [4.69, 9.17) is 21.3 Å². The molecule has 2 saturated heterocycles. The third-order valence-electron chi connectivity index (χ3n) is 6.09. The molecule has 5 nitrogen and oxygen atoms in total. The molecule has 3 rings (SSSR count). The van der Waals surface area contributed by atoms with Crippen LogP contribution in [0.25, 0.3) is 0 Å². The Morgan fingerprint density at radius 1 is 1.31 bits per heavy atom. The number of guanidine groups is 1. The lowest BCUT2D eigenvalue weighted by atomic mass is 9.74. The van der Waals surface area contributed by atoms with Gasteiger partial charge in [-0.25, -0.2) is 0 Å². The van der Waals surface area contributed by atoms with E-state index in [-0.39, 0.29) is 5.41 Å². The Kier molecular flexibility index (Phi) is 8.40. The second-order valence-electron chi connectivity index (χ2n) is 8.08. The van der Waals surface area contributed by atoms with Gasteiger partial charge in [0.1, 0.15) is 0 Å². The van der Waals surface area contributed by atoms with Crippen LogP contribution < -0.4 is 10.6 Å². The van der Waals surface area contributed by atoms with E-state index in [1.807, 2.05) is 18.2 Å². The Bertz CT molecular complexity index is 679. The van der Waals surface area contributed by atoms with Crippen molar-refractivity contribution in [2.45, 2.75) is 44.1 Å². The van der Waals surface area contributed by atoms with Gasteiger partial charge in [-0.05, 0) is 44.2 Å². The summed E-state index contributed by atoms with van der Waals surface area (Å²) in [5, 5.41) is 7.93. The quantitative estimate of drug-likeness (QED) is 0.403. The van der Waals surface area contributed by atoms with Gasteiger partial charge in [0.2, 0.25) is 0 Å². The number of rotatable bonds is 7. The first-order valence-corrected chi connectivity index (χ1v) is 11.3. The molecule has 0 radical (unpaired) electrons. The molecule has 0 spiro atoms. The normalized spacial score (nSPS) is 21.0. The molecule has 2 fully saturated rings. The fourth-order valence-corrected chi connectivity index (χ4v) is 4.69. The maximum absolute atomic E-state index is 6.59. The van der Waals surface area contributed by atoms with Crippen LogP contribution in [0.2, 0.25) is 5.02 Å². The summed E-state index contributed by atoms with van der Waals surface area (Å²) >= 11 is 6.59. The average Bonchev–Trinajstić information content (AvgIpc) is 2.75. The fourth-order valence-electron chi connectivity index (χ4n) is 4.35. The van der Waals surface area contributed by atoms with Crippen LogP contribution in [-0.2, 0) is 10.2 Å². The number of hydrogen-bond acceptors (Lipinski definition) is 3. The Morgan fingerprint density at radius 3 is 2.69 bits per heavy atom. The van der Waals surface area contributed by atoms with Crippen LogP contribution in [0.3, 0.4) is 0 Å². The first kappa shape index (κ1) is 22.1. The van der Waals surface area contributed by atoms with Gasteiger partial charge in [0, 0.05) is 55.9 Å². The molecule has 29 heavy (non-hydrogen) atoms. The molecule has 0 aromatic heterocycles. The van der Waals surface area contributed by atoms with Crippen molar-refractivity contribution >= 4 is 17.6 Å². The minimum Gasteiger partial charge on any atom is -0.381 e. The second kappa shape index (κ2) is 11.0. The number of piperidine rings is 1. The lowest BCUT2D eigenvalue weighted by Crippen LogP contribution is -2.49. The molecule has 6 heteroatoms. The highest BCUT2D eigenvalue weighted by Gasteiger charge is 2.36. The molecule has 1 aromatic carbocycles. The molecule has 0 bridgehead atoms. The molecule has 2 aliphatic rings. The van der Waals surface area contributed by atoms with Crippen molar-refractivity contribution in [3.05, 3.63) is 47.5 Å². The summed E-state index contributed by atoms with van der Waals surface area (Å²) < 4.78 is 5.66. The maximum atomic E-state index is 6.59. The lowest BCUT2D eigenvalue weighted by Gasteiger charge is -2.37. The first-order chi connectivity index (χ1) is 14.2. The molecular formula is C23H35ClN4O. The number of ether oxygens (including phenoxy) is 1. The molecule has 0 amide bonds. The van der Waals surface area contributed by atoms with Crippen LogP contribution in [0.5, 0.6) is 0 Å². The van der Waals surface area contributed by atoms with Gasteiger partial charge in [-0.15, -0.1) is 6.58 Å². The van der Waals surface area contributed by atoms with Gasteiger partial charge in [0.25, 0.3) is 0 Å².